The fraction of sp³-hybridized carbons (Fsp3) is 0.0556. The van der Waals surface area contributed by atoms with Gasteiger partial charge in [0.1, 0.15) is 17.9 Å². The zero-order valence-electron chi connectivity index (χ0n) is 12.9. The molecule has 0 spiro atoms. The molecule has 0 aliphatic carbocycles. The van der Waals surface area contributed by atoms with E-state index < -0.39 is 11.8 Å². The Labute approximate surface area is 154 Å². The number of thiocarbonyl (C=S) groups is 1. The Morgan fingerprint density at radius 1 is 1.00 bits per heavy atom. The van der Waals surface area contributed by atoms with Gasteiger partial charge < -0.3 is 4.74 Å². The Morgan fingerprint density at radius 2 is 1.64 bits per heavy atom. The van der Waals surface area contributed by atoms with Crippen LogP contribution in [0.5, 0.6) is 5.75 Å². The average molecular weight is 373 g/mol. The van der Waals surface area contributed by atoms with Gasteiger partial charge in [-0.1, -0.05) is 48.0 Å². The van der Waals surface area contributed by atoms with E-state index in [0.29, 0.717) is 16.3 Å². The van der Waals surface area contributed by atoms with E-state index in [1.54, 1.807) is 30.3 Å². The Hall–Kier alpha value is -2.70. The van der Waals surface area contributed by atoms with Crippen LogP contribution in [0.1, 0.15) is 11.1 Å². The molecule has 2 aromatic rings. The normalized spacial score (nSPS) is 14.0. The summed E-state index contributed by atoms with van der Waals surface area (Å²) in [6.45, 7) is 0.266. The third kappa shape index (κ3) is 4.04. The number of amides is 2. The van der Waals surface area contributed by atoms with Gasteiger partial charge >= 0.3 is 0 Å². The first-order valence-corrected chi connectivity index (χ1v) is 8.17. The van der Waals surface area contributed by atoms with Crippen molar-refractivity contribution in [3.05, 3.63) is 70.3 Å². The second kappa shape index (κ2) is 7.46. The lowest BCUT2D eigenvalue weighted by molar-refractivity contribution is -0.123. The zero-order chi connectivity index (χ0) is 17.8. The van der Waals surface area contributed by atoms with E-state index in [1.165, 1.54) is 6.08 Å². The van der Waals surface area contributed by atoms with Gasteiger partial charge in [0.05, 0.1) is 0 Å². The van der Waals surface area contributed by atoms with Crippen LogP contribution >= 0.6 is 23.8 Å². The number of carbonyl (C=O) groups excluding carboxylic acids is 2. The van der Waals surface area contributed by atoms with Crippen molar-refractivity contribution in [1.82, 2.24) is 10.6 Å². The molecule has 25 heavy (non-hydrogen) atoms. The van der Waals surface area contributed by atoms with E-state index in [4.69, 9.17) is 28.6 Å². The van der Waals surface area contributed by atoms with Crippen LogP contribution in [0.25, 0.3) is 6.08 Å². The predicted octanol–water partition coefficient (Wildman–Crippen LogP) is 2.83. The van der Waals surface area contributed by atoms with Crippen molar-refractivity contribution >= 4 is 46.8 Å². The first-order valence-electron chi connectivity index (χ1n) is 7.38. The molecule has 2 aromatic carbocycles. The fourth-order valence-electron chi connectivity index (χ4n) is 2.26. The predicted molar refractivity (Wildman–Crippen MR) is 99.1 cm³/mol. The minimum atomic E-state index is -0.547. The monoisotopic (exact) mass is 372 g/mol. The summed E-state index contributed by atoms with van der Waals surface area (Å²) in [7, 11) is 0. The Balaban J connectivity index is 1.85. The number of halogens is 1. The van der Waals surface area contributed by atoms with Crippen LogP contribution in [0.2, 0.25) is 5.02 Å². The number of rotatable bonds is 4. The molecule has 0 atom stereocenters. The van der Waals surface area contributed by atoms with Crippen molar-refractivity contribution in [3.8, 4) is 5.75 Å². The summed E-state index contributed by atoms with van der Waals surface area (Å²) in [5.74, 6) is -0.562. The summed E-state index contributed by atoms with van der Waals surface area (Å²) in [5.41, 5.74) is 1.40. The average Bonchev–Trinajstić information content (AvgIpc) is 2.58. The highest BCUT2D eigenvalue weighted by Gasteiger charge is 2.26. The highest BCUT2D eigenvalue weighted by molar-refractivity contribution is 7.80. The SMILES string of the molecule is O=C1NC(=S)NC(=O)C1=Cc1ccccc1OCc1ccccc1Cl. The Bertz CT molecular complexity index is 873. The lowest BCUT2D eigenvalue weighted by Gasteiger charge is -2.17. The van der Waals surface area contributed by atoms with E-state index in [-0.39, 0.29) is 17.3 Å². The molecule has 1 heterocycles. The van der Waals surface area contributed by atoms with E-state index in [2.05, 4.69) is 10.6 Å². The molecule has 2 amide bonds. The molecule has 3 rings (SSSR count). The van der Waals surface area contributed by atoms with Gasteiger partial charge in [-0.25, -0.2) is 0 Å². The molecule has 126 valence electrons. The Kier molecular flexibility index (Phi) is 5.11. The second-order valence-electron chi connectivity index (χ2n) is 5.21. The highest BCUT2D eigenvalue weighted by atomic mass is 35.5. The molecule has 7 heteroatoms. The maximum Gasteiger partial charge on any atom is 0.263 e. The molecule has 1 fully saturated rings. The number of nitrogens with one attached hydrogen (secondary N) is 2. The molecule has 0 bridgehead atoms. The van der Waals surface area contributed by atoms with Crippen LogP contribution in [-0.4, -0.2) is 16.9 Å². The molecule has 0 aromatic heterocycles. The summed E-state index contributed by atoms with van der Waals surface area (Å²) in [4.78, 5) is 23.9. The van der Waals surface area contributed by atoms with E-state index in [1.807, 2.05) is 18.2 Å². The van der Waals surface area contributed by atoms with Crippen molar-refractivity contribution in [3.63, 3.8) is 0 Å². The third-order valence-corrected chi connectivity index (χ3v) is 4.08. The molecule has 0 saturated carbocycles. The van der Waals surface area contributed by atoms with Crippen molar-refractivity contribution < 1.29 is 14.3 Å². The van der Waals surface area contributed by atoms with E-state index in [9.17, 15) is 9.59 Å². The summed E-state index contributed by atoms with van der Waals surface area (Å²) in [5, 5.41) is 5.40. The quantitative estimate of drug-likeness (QED) is 0.492. The van der Waals surface area contributed by atoms with Crippen LogP contribution in [0, 0.1) is 0 Å². The molecular weight excluding hydrogens is 360 g/mol. The molecule has 1 aliphatic heterocycles. The lowest BCUT2D eigenvalue weighted by Crippen LogP contribution is -2.51. The van der Waals surface area contributed by atoms with Crippen molar-refractivity contribution in [2.24, 2.45) is 0 Å². The topological polar surface area (TPSA) is 67.4 Å². The van der Waals surface area contributed by atoms with Crippen molar-refractivity contribution in [2.75, 3.05) is 0 Å². The zero-order valence-corrected chi connectivity index (χ0v) is 14.5. The summed E-state index contributed by atoms with van der Waals surface area (Å²) in [6.07, 6.45) is 1.47. The Morgan fingerprint density at radius 3 is 2.36 bits per heavy atom. The van der Waals surface area contributed by atoms with Gasteiger partial charge in [-0.2, -0.15) is 0 Å². The summed E-state index contributed by atoms with van der Waals surface area (Å²) < 4.78 is 5.82. The minimum absolute atomic E-state index is 0.00425. The molecule has 1 aliphatic rings. The smallest absolute Gasteiger partial charge is 0.263 e. The number of benzene rings is 2. The van der Waals surface area contributed by atoms with Gasteiger partial charge in [-0.3, -0.25) is 20.2 Å². The molecule has 0 radical (unpaired) electrons. The highest BCUT2D eigenvalue weighted by Crippen LogP contribution is 2.24. The van der Waals surface area contributed by atoms with Gasteiger partial charge in [-0.15, -0.1) is 0 Å². The van der Waals surface area contributed by atoms with Gasteiger partial charge in [0.2, 0.25) is 0 Å². The maximum absolute atomic E-state index is 12.0. The fourth-order valence-corrected chi connectivity index (χ4v) is 2.64. The molecule has 2 N–H and O–H groups in total. The maximum atomic E-state index is 12.0. The minimum Gasteiger partial charge on any atom is -0.488 e. The van der Waals surface area contributed by atoms with Gasteiger partial charge in [-0.05, 0) is 30.4 Å². The van der Waals surface area contributed by atoms with Crippen LogP contribution < -0.4 is 15.4 Å². The van der Waals surface area contributed by atoms with Gasteiger partial charge in [0.15, 0.2) is 5.11 Å². The van der Waals surface area contributed by atoms with E-state index in [0.717, 1.165) is 5.56 Å². The second-order valence-corrected chi connectivity index (χ2v) is 6.03. The summed E-state index contributed by atoms with van der Waals surface area (Å²) >= 11 is 10.9. The number of ether oxygens (including phenoxy) is 1. The first-order chi connectivity index (χ1) is 12.0. The first kappa shape index (κ1) is 17.1. The largest absolute Gasteiger partial charge is 0.488 e. The molecular formula is C18H13ClN2O3S. The molecule has 5 nitrogen and oxygen atoms in total. The van der Waals surface area contributed by atoms with Crippen molar-refractivity contribution in [2.45, 2.75) is 6.61 Å². The molecule has 0 unspecified atom stereocenters. The van der Waals surface area contributed by atoms with Crippen LogP contribution in [0.15, 0.2) is 54.1 Å². The van der Waals surface area contributed by atoms with Crippen LogP contribution in [-0.2, 0) is 16.2 Å². The lowest BCUT2D eigenvalue weighted by atomic mass is 10.1. The van der Waals surface area contributed by atoms with E-state index >= 15 is 0 Å². The third-order valence-electron chi connectivity index (χ3n) is 3.50. The van der Waals surface area contributed by atoms with Gasteiger partial charge in [0, 0.05) is 16.1 Å². The molecule has 1 saturated heterocycles. The number of carbonyl (C=O) groups is 2. The van der Waals surface area contributed by atoms with Crippen LogP contribution in [0.4, 0.5) is 0 Å². The number of para-hydroxylation sites is 1. The van der Waals surface area contributed by atoms with Crippen molar-refractivity contribution in [1.29, 1.82) is 0 Å². The summed E-state index contributed by atoms with van der Waals surface area (Å²) in [6, 6.07) is 14.5. The number of hydrogen-bond acceptors (Lipinski definition) is 4. The standard InChI is InChI=1S/C18H13ClN2O3S/c19-14-7-3-1-6-12(14)10-24-15-8-4-2-5-11(15)9-13-16(22)20-18(25)21-17(13)23/h1-9H,10H2,(H2,20,21,22,23,25). The number of hydrogen-bond donors (Lipinski definition) is 2. The van der Waals surface area contributed by atoms with Gasteiger partial charge in [0.25, 0.3) is 11.8 Å². The van der Waals surface area contributed by atoms with Crippen LogP contribution in [0.3, 0.4) is 0 Å².